The van der Waals surface area contributed by atoms with Crippen LogP contribution in [0.3, 0.4) is 0 Å². The van der Waals surface area contributed by atoms with E-state index >= 15 is 0 Å². The molecule has 1 fully saturated rings. The lowest BCUT2D eigenvalue weighted by atomic mass is 10.0. The molecular weight excluding hydrogens is 346 g/mol. The van der Waals surface area contributed by atoms with Crippen LogP contribution in [0, 0.1) is 6.92 Å². The molecule has 0 saturated carbocycles. The molecule has 3 heterocycles. The first kappa shape index (κ1) is 17.5. The summed E-state index contributed by atoms with van der Waals surface area (Å²) in [6.45, 7) is 8.14. The molecule has 1 saturated heterocycles. The third kappa shape index (κ3) is 3.11. The van der Waals surface area contributed by atoms with Crippen molar-refractivity contribution in [2.24, 2.45) is 0 Å². The molecule has 26 heavy (non-hydrogen) atoms. The summed E-state index contributed by atoms with van der Waals surface area (Å²) >= 11 is 1.55. The first-order chi connectivity index (χ1) is 12.6. The van der Waals surface area contributed by atoms with Gasteiger partial charge < -0.3 is 10.0 Å². The van der Waals surface area contributed by atoms with Gasteiger partial charge in [0.1, 0.15) is 0 Å². The zero-order valence-electron chi connectivity index (χ0n) is 15.5. The molecule has 1 unspecified atom stereocenters. The Bertz CT molecular complexity index is 893. The normalized spacial score (nSPS) is 17.8. The fourth-order valence-electron chi connectivity index (χ4n) is 3.48. The highest BCUT2D eigenvalue weighted by Crippen LogP contribution is 2.40. The molecule has 1 aliphatic rings. The maximum absolute atomic E-state index is 10.9. The van der Waals surface area contributed by atoms with Gasteiger partial charge in [-0.05, 0) is 19.5 Å². The summed E-state index contributed by atoms with van der Waals surface area (Å²) in [5.74, 6) is 0.992. The van der Waals surface area contributed by atoms with Gasteiger partial charge in [0.25, 0.3) is 0 Å². The quantitative estimate of drug-likeness (QED) is 0.764. The number of rotatable bonds is 4. The van der Waals surface area contributed by atoms with Crippen molar-refractivity contribution < 1.29 is 5.11 Å². The van der Waals surface area contributed by atoms with Crippen LogP contribution in [0.25, 0.3) is 4.96 Å². The number of benzene rings is 1. The maximum Gasteiger partial charge on any atom is 0.230 e. The monoisotopic (exact) mass is 371 g/mol. The standard InChI is InChI=1S/C19H25N5OS/c1-4-15-20-19-24(21-15)18(25)17(26-19)16(14-7-5-13(2)6-8-14)23-11-9-22(3)10-12-23/h5-8,16,25H,4,9-12H2,1-3H3. The second kappa shape index (κ2) is 6.98. The van der Waals surface area contributed by atoms with Gasteiger partial charge in [-0.2, -0.15) is 4.52 Å². The molecule has 2 aromatic heterocycles. The molecule has 1 N–H and O–H groups in total. The predicted molar refractivity (Wildman–Crippen MR) is 104 cm³/mol. The van der Waals surface area contributed by atoms with Crippen LogP contribution in [0.4, 0.5) is 0 Å². The van der Waals surface area contributed by atoms with Crippen LogP contribution < -0.4 is 0 Å². The van der Waals surface area contributed by atoms with Crippen molar-refractivity contribution in [3.05, 3.63) is 46.1 Å². The van der Waals surface area contributed by atoms with Crippen molar-refractivity contribution >= 4 is 16.3 Å². The molecule has 7 heteroatoms. The summed E-state index contributed by atoms with van der Waals surface area (Å²) in [7, 11) is 2.16. The molecule has 0 aliphatic carbocycles. The average Bonchev–Trinajstić information content (AvgIpc) is 3.18. The lowest BCUT2D eigenvalue weighted by Gasteiger charge is -2.37. The van der Waals surface area contributed by atoms with Crippen LogP contribution >= 0.6 is 11.3 Å². The number of hydrogen-bond acceptors (Lipinski definition) is 6. The highest BCUT2D eigenvalue weighted by atomic mass is 32.1. The fraction of sp³-hybridized carbons (Fsp3) is 0.474. The highest BCUT2D eigenvalue weighted by molar-refractivity contribution is 7.17. The van der Waals surface area contributed by atoms with E-state index in [1.165, 1.54) is 11.1 Å². The van der Waals surface area contributed by atoms with E-state index in [9.17, 15) is 5.11 Å². The molecule has 4 rings (SSSR count). The van der Waals surface area contributed by atoms with Gasteiger partial charge in [0.05, 0.1) is 10.9 Å². The first-order valence-corrected chi connectivity index (χ1v) is 9.95. The zero-order valence-corrected chi connectivity index (χ0v) is 16.3. The van der Waals surface area contributed by atoms with Gasteiger partial charge in [-0.25, -0.2) is 4.98 Å². The number of nitrogens with zero attached hydrogens (tertiary/aromatic N) is 5. The van der Waals surface area contributed by atoms with E-state index in [1.54, 1.807) is 15.9 Å². The summed E-state index contributed by atoms with van der Waals surface area (Å²) in [6.07, 6.45) is 0.767. The van der Waals surface area contributed by atoms with Gasteiger partial charge >= 0.3 is 0 Å². The molecule has 0 radical (unpaired) electrons. The Hall–Kier alpha value is -1.96. The Balaban J connectivity index is 1.78. The third-order valence-corrected chi connectivity index (χ3v) is 6.18. The van der Waals surface area contributed by atoms with Crippen LogP contribution in [-0.4, -0.2) is 62.7 Å². The van der Waals surface area contributed by atoms with Crippen molar-refractivity contribution in [2.45, 2.75) is 26.3 Å². The molecule has 6 nitrogen and oxygen atoms in total. The molecule has 1 aliphatic heterocycles. The molecule has 138 valence electrons. The van der Waals surface area contributed by atoms with Gasteiger partial charge in [-0.1, -0.05) is 48.1 Å². The largest absolute Gasteiger partial charge is 0.492 e. The van der Waals surface area contributed by atoms with E-state index in [0.29, 0.717) is 0 Å². The minimum Gasteiger partial charge on any atom is -0.492 e. The van der Waals surface area contributed by atoms with Gasteiger partial charge in [-0.3, -0.25) is 4.90 Å². The van der Waals surface area contributed by atoms with E-state index in [1.807, 2.05) is 6.92 Å². The maximum atomic E-state index is 10.9. The molecular formula is C19H25N5OS. The molecule has 0 bridgehead atoms. The van der Waals surface area contributed by atoms with Crippen molar-refractivity contribution in [2.75, 3.05) is 33.2 Å². The van der Waals surface area contributed by atoms with Gasteiger partial charge in [0, 0.05) is 32.6 Å². The Labute approximate surface area is 157 Å². The van der Waals surface area contributed by atoms with Gasteiger partial charge in [0.15, 0.2) is 5.82 Å². The fourth-order valence-corrected chi connectivity index (χ4v) is 4.61. The van der Waals surface area contributed by atoms with E-state index in [0.717, 1.165) is 48.3 Å². The van der Waals surface area contributed by atoms with Crippen LogP contribution in [0.15, 0.2) is 24.3 Å². The van der Waals surface area contributed by atoms with E-state index in [-0.39, 0.29) is 11.9 Å². The summed E-state index contributed by atoms with van der Waals surface area (Å²) in [5.41, 5.74) is 2.45. The lowest BCUT2D eigenvalue weighted by Crippen LogP contribution is -2.46. The Morgan fingerprint density at radius 3 is 2.46 bits per heavy atom. The van der Waals surface area contributed by atoms with Crippen LogP contribution in [0.1, 0.15) is 34.8 Å². The minimum atomic E-state index is 0.0304. The van der Waals surface area contributed by atoms with Crippen molar-refractivity contribution in [1.82, 2.24) is 24.4 Å². The van der Waals surface area contributed by atoms with Gasteiger partial charge in [0.2, 0.25) is 10.8 Å². The minimum absolute atomic E-state index is 0.0304. The Morgan fingerprint density at radius 1 is 1.15 bits per heavy atom. The van der Waals surface area contributed by atoms with Crippen LogP contribution in [-0.2, 0) is 6.42 Å². The Morgan fingerprint density at radius 2 is 1.85 bits per heavy atom. The summed E-state index contributed by atoms with van der Waals surface area (Å²) in [4.78, 5) is 11.0. The van der Waals surface area contributed by atoms with Crippen molar-refractivity contribution in [3.8, 4) is 5.88 Å². The van der Waals surface area contributed by atoms with E-state index in [2.05, 4.69) is 58.1 Å². The number of likely N-dealkylation sites (N-methyl/N-ethyl adjacent to an activating group) is 1. The number of thiazole rings is 1. The number of piperazine rings is 1. The topological polar surface area (TPSA) is 56.9 Å². The number of aryl methyl sites for hydroxylation is 2. The molecule has 1 atom stereocenters. The number of aromatic hydroxyl groups is 1. The highest BCUT2D eigenvalue weighted by Gasteiger charge is 2.31. The Kier molecular flexibility index (Phi) is 4.69. The summed E-state index contributed by atoms with van der Waals surface area (Å²) < 4.78 is 1.59. The number of fused-ring (bicyclic) bond motifs is 1. The summed E-state index contributed by atoms with van der Waals surface area (Å²) in [6, 6.07) is 8.65. The van der Waals surface area contributed by atoms with Crippen LogP contribution in [0.5, 0.6) is 5.88 Å². The van der Waals surface area contributed by atoms with E-state index in [4.69, 9.17) is 0 Å². The molecule has 3 aromatic rings. The third-order valence-electron chi connectivity index (χ3n) is 5.10. The first-order valence-electron chi connectivity index (χ1n) is 9.13. The SMILES string of the molecule is CCc1nc2sc(C(c3ccc(C)cc3)N3CCN(C)CC3)c(O)n2n1. The van der Waals surface area contributed by atoms with Gasteiger partial charge in [-0.15, -0.1) is 5.10 Å². The van der Waals surface area contributed by atoms with Crippen molar-refractivity contribution in [1.29, 1.82) is 0 Å². The van der Waals surface area contributed by atoms with E-state index < -0.39 is 0 Å². The predicted octanol–water partition coefficient (Wildman–Crippen LogP) is 2.70. The second-order valence-electron chi connectivity index (χ2n) is 7.02. The summed E-state index contributed by atoms with van der Waals surface area (Å²) in [5, 5.41) is 15.3. The molecule has 1 aromatic carbocycles. The zero-order chi connectivity index (χ0) is 18.3. The lowest BCUT2D eigenvalue weighted by molar-refractivity contribution is 0.127. The smallest absolute Gasteiger partial charge is 0.230 e. The molecule has 0 amide bonds. The van der Waals surface area contributed by atoms with Crippen LogP contribution in [0.2, 0.25) is 0 Å². The number of hydrogen-bond donors (Lipinski definition) is 1. The second-order valence-corrected chi connectivity index (χ2v) is 8.03. The number of aromatic nitrogens is 3. The van der Waals surface area contributed by atoms with Crippen molar-refractivity contribution in [3.63, 3.8) is 0 Å². The molecule has 0 spiro atoms. The average molecular weight is 372 g/mol.